The van der Waals surface area contributed by atoms with E-state index in [0.717, 1.165) is 13.0 Å². The van der Waals surface area contributed by atoms with Gasteiger partial charge in [-0.25, -0.2) is 17.8 Å². The first-order valence-corrected chi connectivity index (χ1v) is 10.3. The molecule has 146 valence electrons. The fourth-order valence-corrected chi connectivity index (χ4v) is 4.32. The molecule has 1 aliphatic heterocycles. The number of benzene rings is 1. The minimum Gasteiger partial charge on any atom is -0.340 e. The third-order valence-electron chi connectivity index (χ3n) is 4.21. The highest BCUT2D eigenvalue weighted by Gasteiger charge is 2.24. The van der Waals surface area contributed by atoms with Gasteiger partial charge in [0, 0.05) is 18.8 Å². The van der Waals surface area contributed by atoms with Gasteiger partial charge in [0.05, 0.1) is 28.4 Å². The molecule has 1 aromatic carbocycles. The number of carbonyl (C=O) groups excluding carboxylic acids is 1. The molecule has 27 heavy (non-hydrogen) atoms. The van der Waals surface area contributed by atoms with Crippen molar-refractivity contribution < 1.29 is 17.6 Å². The first kappa shape index (κ1) is 19.7. The molecular formula is C16H19ClFN5O3S. The molecule has 1 aromatic heterocycles. The Bertz CT molecular complexity index is 957. The predicted molar refractivity (Wildman–Crippen MR) is 99.0 cm³/mol. The molecular weight excluding hydrogens is 397 g/mol. The van der Waals surface area contributed by atoms with E-state index in [1.165, 1.54) is 12.1 Å². The van der Waals surface area contributed by atoms with Crippen LogP contribution in [0.4, 0.5) is 4.39 Å². The molecule has 1 saturated heterocycles. The molecule has 0 unspecified atom stereocenters. The van der Waals surface area contributed by atoms with Crippen molar-refractivity contribution in [3.8, 4) is 11.3 Å². The molecule has 1 atom stereocenters. The van der Waals surface area contributed by atoms with Crippen molar-refractivity contribution in [1.82, 2.24) is 25.1 Å². The average molecular weight is 416 g/mol. The first-order chi connectivity index (χ1) is 12.7. The van der Waals surface area contributed by atoms with Crippen molar-refractivity contribution in [3.05, 3.63) is 41.1 Å². The monoisotopic (exact) mass is 415 g/mol. The van der Waals surface area contributed by atoms with Crippen LogP contribution in [0, 0.1) is 11.7 Å². The summed E-state index contributed by atoms with van der Waals surface area (Å²) in [5.41, 5.74) is 2.60. The second-order valence-corrected chi connectivity index (χ2v) is 8.61. The third-order valence-corrected chi connectivity index (χ3v) is 5.81. The van der Waals surface area contributed by atoms with Crippen LogP contribution in [-0.2, 0) is 17.1 Å². The van der Waals surface area contributed by atoms with Crippen molar-refractivity contribution in [2.24, 2.45) is 13.0 Å². The molecule has 0 aliphatic carbocycles. The summed E-state index contributed by atoms with van der Waals surface area (Å²) in [6.07, 6.45) is 3.98. The van der Waals surface area contributed by atoms with Gasteiger partial charge in [-0.15, -0.1) is 4.83 Å². The van der Waals surface area contributed by atoms with Gasteiger partial charge in [0.15, 0.2) is 5.82 Å². The van der Waals surface area contributed by atoms with Gasteiger partial charge >= 0.3 is 0 Å². The van der Waals surface area contributed by atoms with Crippen LogP contribution in [0.25, 0.3) is 11.3 Å². The van der Waals surface area contributed by atoms with Crippen LogP contribution in [0.1, 0.15) is 16.8 Å². The number of aryl methyl sites for hydroxylation is 1. The number of hydrogen-bond acceptors (Lipinski definition) is 5. The number of imidazole rings is 1. The lowest BCUT2D eigenvalue weighted by molar-refractivity contribution is 0.0941. The van der Waals surface area contributed by atoms with Crippen molar-refractivity contribution in [3.63, 3.8) is 0 Å². The zero-order chi connectivity index (χ0) is 19.6. The van der Waals surface area contributed by atoms with Crippen LogP contribution in [0.15, 0.2) is 24.7 Å². The van der Waals surface area contributed by atoms with E-state index in [1.807, 2.05) is 10.3 Å². The molecule has 2 aromatic rings. The predicted octanol–water partition coefficient (Wildman–Crippen LogP) is 1.05. The molecule has 1 aliphatic rings. The number of rotatable bonds is 6. The minimum atomic E-state index is -3.74. The Morgan fingerprint density at radius 3 is 2.89 bits per heavy atom. The quantitative estimate of drug-likeness (QED) is 0.612. The maximum atomic E-state index is 14.3. The van der Waals surface area contributed by atoms with E-state index < -0.39 is 21.7 Å². The molecule has 0 radical (unpaired) electrons. The van der Waals surface area contributed by atoms with Gasteiger partial charge in [0.2, 0.25) is 10.0 Å². The van der Waals surface area contributed by atoms with Crippen LogP contribution in [0.3, 0.4) is 0 Å². The zero-order valence-electron chi connectivity index (χ0n) is 14.5. The lowest BCUT2D eigenvalue weighted by Crippen LogP contribution is -2.44. The van der Waals surface area contributed by atoms with Crippen LogP contribution in [0.5, 0.6) is 0 Å². The molecule has 1 fully saturated rings. The second-order valence-electron chi connectivity index (χ2n) is 6.44. The Hall–Kier alpha value is -2.01. The summed E-state index contributed by atoms with van der Waals surface area (Å²) >= 11 is 5.89. The molecule has 0 bridgehead atoms. The fraction of sp³-hybridized carbons (Fsp3) is 0.375. The molecule has 0 saturated carbocycles. The summed E-state index contributed by atoms with van der Waals surface area (Å²) in [6, 6.07) is 2.63. The summed E-state index contributed by atoms with van der Waals surface area (Å²) in [7, 11) is -1.98. The van der Waals surface area contributed by atoms with E-state index in [9.17, 15) is 17.6 Å². The van der Waals surface area contributed by atoms with Gasteiger partial charge in [0.25, 0.3) is 5.91 Å². The van der Waals surface area contributed by atoms with E-state index in [-0.39, 0.29) is 22.3 Å². The largest absolute Gasteiger partial charge is 0.340 e. The van der Waals surface area contributed by atoms with Crippen molar-refractivity contribution in [1.29, 1.82) is 0 Å². The van der Waals surface area contributed by atoms with Crippen molar-refractivity contribution in [2.75, 3.05) is 18.8 Å². The molecule has 3 N–H and O–H groups in total. The fourth-order valence-electron chi connectivity index (χ4n) is 2.86. The smallest absolute Gasteiger partial charge is 0.269 e. The van der Waals surface area contributed by atoms with Crippen LogP contribution in [0.2, 0.25) is 5.02 Å². The van der Waals surface area contributed by atoms with E-state index in [4.69, 9.17) is 11.6 Å². The Balaban J connectivity index is 1.74. The van der Waals surface area contributed by atoms with Gasteiger partial charge in [0.1, 0.15) is 0 Å². The molecule has 11 heteroatoms. The van der Waals surface area contributed by atoms with Crippen LogP contribution < -0.4 is 15.6 Å². The van der Waals surface area contributed by atoms with E-state index in [2.05, 4.69) is 10.3 Å². The summed E-state index contributed by atoms with van der Waals surface area (Å²) in [5, 5.41) is 2.81. The zero-order valence-corrected chi connectivity index (χ0v) is 16.1. The highest BCUT2D eigenvalue weighted by atomic mass is 35.5. The Morgan fingerprint density at radius 2 is 2.26 bits per heavy atom. The van der Waals surface area contributed by atoms with E-state index in [1.54, 1.807) is 24.1 Å². The number of sulfonamides is 1. The highest BCUT2D eigenvalue weighted by molar-refractivity contribution is 7.89. The third kappa shape index (κ3) is 4.83. The summed E-state index contributed by atoms with van der Waals surface area (Å²) in [5.74, 6) is -2.04. The number of hydrazine groups is 1. The van der Waals surface area contributed by atoms with Crippen LogP contribution >= 0.6 is 11.6 Å². The summed E-state index contributed by atoms with van der Waals surface area (Å²) in [4.78, 5) is 18.5. The van der Waals surface area contributed by atoms with Gasteiger partial charge in [-0.05, 0) is 37.6 Å². The summed E-state index contributed by atoms with van der Waals surface area (Å²) < 4.78 is 40.1. The number of nitrogens with zero attached hydrogens (tertiary/aromatic N) is 2. The molecule has 0 spiro atoms. The number of carbonyl (C=O) groups is 1. The molecule has 3 rings (SSSR count). The number of hydrogen-bond donors (Lipinski definition) is 3. The number of nitrogens with one attached hydrogen (secondary N) is 3. The maximum Gasteiger partial charge on any atom is 0.269 e. The Kier molecular flexibility index (Phi) is 5.80. The molecule has 8 nitrogen and oxygen atoms in total. The average Bonchev–Trinajstić information content (AvgIpc) is 3.26. The second kappa shape index (κ2) is 7.93. The minimum absolute atomic E-state index is 0.0296. The van der Waals surface area contributed by atoms with Gasteiger partial charge in [-0.3, -0.25) is 10.2 Å². The molecule has 2 heterocycles. The molecule has 1 amide bonds. The maximum absolute atomic E-state index is 14.3. The van der Waals surface area contributed by atoms with Gasteiger partial charge in [-0.1, -0.05) is 11.6 Å². The van der Waals surface area contributed by atoms with E-state index in [0.29, 0.717) is 17.8 Å². The Morgan fingerprint density at radius 1 is 1.48 bits per heavy atom. The SMILES string of the molecule is Cn1cnc(-c2cc(Cl)c(F)c(C(=O)NNS(=O)(=O)C[C@H]3CCNC3)c2)c1. The number of aromatic nitrogens is 2. The van der Waals surface area contributed by atoms with E-state index >= 15 is 0 Å². The lowest BCUT2D eigenvalue weighted by atomic mass is 10.1. The van der Waals surface area contributed by atoms with Crippen LogP contribution in [-0.4, -0.2) is 42.7 Å². The Labute approximate surface area is 161 Å². The lowest BCUT2D eigenvalue weighted by Gasteiger charge is -2.12. The number of amides is 1. The topological polar surface area (TPSA) is 105 Å². The van der Waals surface area contributed by atoms with Crippen molar-refractivity contribution >= 4 is 27.5 Å². The standard InChI is InChI=1S/C16H19ClFN5O3S/c1-23-7-14(20-9-23)11-4-12(15(18)13(17)5-11)16(24)21-22-27(25,26)8-10-2-3-19-6-10/h4-5,7,9-10,19,22H,2-3,6,8H2,1H3,(H,21,24)/t10-/m0/s1. The van der Waals surface area contributed by atoms with Gasteiger partial charge in [-0.2, -0.15) is 0 Å². The summed E-state index contributed by atoms with van der Waals surface area (Å²) in [6.45, 7) is 1.36. The number of halogens is 2. The highest BCUT2D eigenvalue weighted by Crippen LogP contribution is 2.27. The van der Waals surface area contributed by atoms with Gasteiger partial charge < -0.3 is 9.88 Å². The first-order valence-electron chi connectivity index (χ1n) is 8.23. The van der Waals surface area contributed by atoms with Crippen molar-refractivity contribution in [2.45, 2.75) is 6.42 Å². The normalized spacial score (nSPS) is 17.2.